The maximum absolute atomic E-state index is 6.11. The Labute approximate surface area is 162 Å². The van der Waals surface area contributed by atoms with Gasteiger partial charge in [-0.25, -0.2) is 15.4 Å². The number of ether oxygens (including phenoxy) is 2. The van der Waals surface area contributed by atoms with Gasteiger partial charge in [0.05, 0.1) is 36.2 Å². The van der Waals surface area contributed by atoms with Gasteiger partial charge in [-0.1, -0.05) is 0 Å². The molecule has 7 nitrogen and oxygen atoms in total. The molecule has 0 aromatic carbocycles. The van der Waals surface area contributed by atoms with Crippen molar-refractivity contribution in [3.8, 4) is 0 Å². The van der Waals surface area contributed by atoms with E-state index >= 15 is 0 Å². The Morgan fingerprint density at radius 3 is 2.89 bits per heavy atom. The Bertz CT molecular complexity index is 653. The molecule has 0 spiro atoms. The molecule has 4 rings (SSSR count). The molecule has 4 unspecified atom stereocenters. The standard InChI is InChI=1S/C20H33N5O2/c1-13(2)27-14-5-6-16-15(9-14)19(24-23-16)17-10-18(22-12-21-17)25-7-8-26-20(3,4)11-25/h10,12-16,19,23-24H,5-9,11H2,1-4H3. The Balaban J connectivity index is 1.50. The number of anilines is 1. The molecule has 2 aliphatic heterocycles. The van der Waals surface area contributed by atoms with Crippen LogP contribution in [0.3, 0.4) is 0 Å². The first-order chi connectivity index (χ1) is 12.9. The van der Waals surface area contributed by atoms with Gasteiger partial charge in [0.25, 0.3) is 0 Å². The number of rotatable bonds is 4. The van der Waals surface area contributed by atoms with Gasteiger partial charge < -0.3 is 14.4 Å². The lowest BCUT2D eigenvalue weighted by Crippen LogP contribution is -2.48. The maximum atomic E-state index is 6.11. The Morgan fingerprint density at radius 1 is 1.26 bits per heavy atom. The minimum absolute atomic E-state index is 0.146. The van der Waals surface area contributed by atoms with Crippen LogP contribution in [0.4, 0.5) is 5.82 Å². The average molecular weight is 376 g/mol. The molecule has 27 heavy (non-hydrogen) atoms. The third-order valence-corrected chi connectivity index (χ3v) is 5.91. The first-order valence-electron chi connectivity index (χ1n) is 10.3. The summed E-state index contributed by atoms with van der Waals surface area (Å²) in [5.41, 5.74) is 7.91. The van der Waals surface area contributed by atoms with Crippen LogP contribution in [0.5, 0.6) is 0 Å². The second-order valence-electron chi connectivity index (χ2n) is 8.99. The molecule has 150 valence electrons. The zero-order chi connectivity index (χ0) is 19.0. The summed E-state index contributed by atoms with van der Waals surface area (Å²) < 4.78 is 12.0. The van der Waals surface area contributed by atoms with Gasteiger partial charge in [-0.15, -0.1) is 0 Å². The van der Waals surface area contributed by atoms with Crippen molar-refractivity contribution < 1.29 is 9.47 Å². The average Bonchev–Trinajstić information content (AvgIpc) is 3.04. The number of nitrogens with one attached hydrogen (secondary N) is 2. The lowest BCUT2D eigenvalue weighted by molar-refractivity contribution is -0.0283. The van der Waals surface area contributed by atoms with Gasteiger partial charge in [0.2, 0.25) is 0 Å². The summed E-state index contributed by atoms with van der Waals surface area (Å²) in [7, 11) is 0. The van der Waals surface area contributed by atoms with Gasteiger partial charge in [-0.3, -0.25) is 5.43 Å². The second kappa shape index (κ2) is 7.62. The monoisotopic (exact) mass is 375 g/mol. The van der Waals surface area contributed by atoms with Gasteiger partial charge in [-0.05, 0) is 47.0 Å². The summed E-state index contributed by atoms with van der Waals surface area (Å²) >= 11 is 0. The fourth-order valence-electron chi connectivity index (χ4n) is 4.73. The fraction of sp³-hybridized carbons (Fsp3) is 0.800. The molecule has 1 saturated carbocycles. The summed E-state index contributed by atoms with van der Waals surface area (Å²) in [6, 6.07) is 2.84. The minimum atomic E-state index is -0.146. The number of aromatic nitrogens is 2. The number of hydrogen-bond acceptors (Lipinski definition) is 7. The van der Waals surface area contributed by atoms with Gasteiger partial charge >= 0.3 is 0 Å². The van der Waals surface area contributed by atoms with E-state index in [9.17, 15) is 0 Å². The Kier molecular flexibility index (Phi) is 5.38. The lowest BCUT2D eigenvalue weighted by Gasteiger charge is -2.39. The van der Waals surface area contributed by atoms with E-state index in [1.54, 1.807) is 6.33 Å². The predicted molar refractivity (Wildman–Crippen MR) is 104 cm³/mol. The van der Waals surface area contributed by atoms with Crippen molar-refractivity contribution >= 4 is 5.82 Å². The second-order valence-corrected chi connectivity index (χ2v) is 8.99. The number of hydrogen-bond donors (Lipinski definition) is 2. The van der Waals surface area contributed by atoms with Crippen molar-refractivity contribution in [2.24, 2.45) is 5.92 Å². The van der Waals surface area contributed by atoms with Gasteiger partial charge in [0.15, 0.2) is 0 Å². The van der Waals surface area contributed by atoms with E-state index in [-0.39, 0.29) is 17.7 Å². The Hall–Kier alpha value is -1.28. The van der Waals surface area contributed by atoms with E-state index in [4.69, 9.17) is 9.47 Å². The molecule has 0 radical (unpaired) electrons. The molecular formula is C20H33N5O2. The van der Waals surface area contributed by atoms with Crippen LogP contribution in [0.2, 0.25) is 0 Å². The normalized spacial score (nSPS) is 33.3. The molecule has 3 aliphatic rings. The summed E-state index contributed by atoms with van der Waals surface area (Å²) in [5, 5.41) is 0. The lowest BCUT2D eigenvalue weighted by atomic mass is 9.79. The van der Waals surface area contributed by atoms with Crippen LogP contribution in [-0.4, -0.2) is 53.5 Å². The molecule has 4 atom stereocenters. The number of nitrogens with zero attached hydrogens (tertiary/aromatic N) is 3. The number of morpholine rings is 1. The van der Waals surface area contributed by atoms with E-state index < -0.39 is 0 Å². The molecule has 0 bridgehead atoms. The van der Waals surface area contributed by atoms with Crippen molar-refractivity contribution in [2.45, 2.75) is 76.9 Å². The quantitative estimate of drug-likeness (QED) is 0.836. The maximum Gasteiger partial charge on any atom is 0.132 e. The van der Waals surface area contributed by atoms with Crippen molar-refractivity contribution in [3.05, 3.63) is 18.1 Å². The van der Waals surface area contributed by atoms with Crippen LogP contribution in [0.15, 0.2) is 12.4 Å². The highest BCUT2D eigenvalue weighted by molar-refractivity contribution is 5.41. The zero-order valence-electron chi connectivity index (χ0n) is 16.9. The first kappa shape index (κ1) is 19.1. The smallest absolute Gasteiger partial charge is 0.132 e. The highest BCUT2D eigenvalue weighted by Gasteiger charge is 2.42. The topological polar surface area (TPSA) is 71.5 Å². The van der Waals surface area contributed by atoms with Crippen molar-refractivity contribution in [1.82, 2.24) is 20.8 Å². The van der Waals surface area contributed by atoms with Crippen molar-refractivity contribution in [2.75, 3.05) is 24.6 Å². The first-order valence-corrected chi connectivity index (χ1v) is 10.3. The number of hydrazine groups is 1. The van der Waals surface area contributed by atoms with Crippen LogP contribution < -0.4 is 15.8 Å². The van der Waals surface area contributed by atoms with Crippen molar-refractivity contribution in [3.63, 3.8) is 0 Å². The zero-order valence-corrected chi connectivity index (χ0v) is 16.9. The summed E-state index contributed by atoms with van der Waals surface area (Å²) in [4.78, 5) is 11.5. The van der Waals surface area contributed by atoms with Crippen LogP contribution >= 0.6 is 0 Å². The molecule has 7 heteroatoms. The van der Waals surface area contributed by atoms with E-state index in [2.05, 4.69) is 59.5 Å². The molecule has 2 N–H and O–H groups in total. The largest absolute Gasteiger partial charge is 0.376 e. The minimum Gasteiger partial charge on any atom is -0.376 e. The summed E-state index contributed by atoms with van der Waals surface area (Å²) in [6.07, 6.45) is 5.66. The van der Waals surface area contributed by atoms with Crippen LogP contribution in [0.1, 0.15) is 58.7 Å². The molecule has 0 amide bonds. The summed E-state index contributed by atoms with van der Waals surface area (Å²) in [5.74, 6) is 1.48. The van der Waals surface area contributed by atoms with Gasteiger partial charge in [0, 0.05) is 31.1 Å². The molecular weight excluding hydrogens is 342 g/mol. The van der Waals surface area contributed by atoms with E-state index in [0.717, 1.165) is 50.5 Å². The van der Waals surface area contributed by atoms with Crippen LogP contribution in [0.25, 0.3) is 0 Å². The highest BCUT2D eigenvalue weighted by Crippen LogP contribution is 2.39. The SMILES string of the molecule is CC(C)OC1CCC2NNC(c3cc(N4CCOC(C)(C)C4)ncn3)C2C1. The van der Waals surface area contributed by atoms with Gasteiger partial charge in [-0.2, -0.15) is 0 Å². The van der Waals surface area contributed by atoms with Crippen molar-refractivity contribution in [1.29, 1.82) is 0 Å². The number of fused-ring (bicyclic) bond motifs is 1. The molecule has 1 aromatic rings. The predicted octanol–water partition coefficient (Wildman–Crippen LogP) is 2.20. The molecule has 3 heterocycles. The van der Waals surface area contributed by atoms with E-state index in [1.807, 2.05) is 0 Å². The van der Waals surface area contributed by atoms with E-state index in [0.29, 0.717) is 18.1 Å². The molecule has 1 aliphatic carbocycles. The molecule has 1 aromatic heterocycles. The molecule has 3 fully saturated rings. The highest BCUT2D eigenvalue weighted by atomic mass is 16.5. The molecule has 2 saturated heterocycles. The summed E-state index contributed by atoms with van der Waals surface area (Å²) in [6.45, 7) is 10.9. The van der Waals surface area contributed by atoms with E-state index in [1.165, 1.54) is 0 Å². The third kappa shape index (κ3) is 4.26. The third-order valence-electron chi connectivity index (χ3n) is 5.91. The van der Waals surface area contributed by atoms with Crippen LogP contribution in [0, 0.1) is 5.92 Å². The fourth-order valence-corrected chi connectivity index (χ4v) is 4.73. The Morgan fingerprint density at radius 2 is 2.11 bits per heavy atom. The van der Waals surface area contributed by atoms with Gasteiger partial charge in [0.1, 0.15) is 12.1 Å². The van der Waals surface area contributed by atoms with Crippen LogP contribution in [-0.2, 0) is 9.47 Å².